The molecule has 14 heavy (non-hydrogen) atoms. The van der Waals surface area contributed by atoms with E-state index in [0.717, 1.165) is 18.4 Å². The molecule has 1 N–H and O–H groups in total. The molecule has 1 aliphatic rings. The number of hydrogen-bond donors (Lipinski definition) is 1. The van der Waals surface area contributed by atoms with Crippen molar-refractivity contribution in [3.8, 4) is 5.75 Å². The minimum Gasteiger partial charge on any atom is -0.508 e. The second-order valence-electron chi connectivity index (χ2n) is 4.22. The van der Waals surface area contributed by atoms with Gasteiger partial charge in [0, 0.05) is 11.6 Å². The molecule has 0 bridgehead atoms. The minimum atomic E-state index is 0.389. The molecule has 0 heterocycles. The predicted molar refractivity (Wildman–Crippen MR) is 57.5 cm³/mol. The van der Waals surface area contributed by atoms with Gasteiger partial charge in [0.05, 0.1) is 0 Å². The van der Waals surface area contributed by atoms with Gasteiger partial charge in [-0.3, -0.25) is 0 Å². The Morgan fingerprint density at radius 3 is 2.86 bits per heavy atom. The molecule has 0 saturated carbocycles. The number of aromatic hydroxyl groups is 1. The minimum absolute atomic E-state index is 0.389. The zero-order valence-electron chi connectivity index (χ0n) is 8.83. The summed E-state index contributed by atoms with van der Waals surface area (Å²) in [6.45, 7) is 0. The average molecular weight is 191 g/mol. The highest BCUT2D eigenvalue weighted by atomic mass is 16.3. The highest BCUT2D eigenvalue weighted by molar-refractivity contribution is 5.43. The van der Waals surface area contributed by atoms with E-state index in [1.165, 1.54) is 12.0 Å². The van der Waals surface area contributed by atoms with Gasteiger partial charge < -0.3 is 10.0 Å². The zero-order chi connectivity index (χ0) is 10.1. The summed E-state index contributed by atoms with van der Waals surface area (Å²) in [4.78, 5) is 2.19. The maximum atomic E-state index is 9.85. The Balaban J connectivity index is 2.47. The summed E-state index contributed by atoms with van der Waals surface area (Å²) in [7, 11) is 4.15. The highest BCUT2D eigenvalue weighted by Gasteiger charge is 2.24. The van der Waals surface area contributed by atoms with Gasteiger partial charge in [-0.25, -0.2) is 0 Å². The first-order chi connectivity index (χ1) is 6.70. The second kappa shape index (κ2) is 3.62. The van der Waals surface area contributed by atoms with Crippen LogP contribution in [0.15, 0.2) is 18.2 Å². The van der Waals surface area contributed by atoms with E-state index in [0.29, 0.717) is 11.8 Å². The van der Waals surface area contributed by atoms with Crippen LogP contribution in [-0.2, 0) is 6.42 Å². The van der Waals surface area contributed by atoms with Crippen LogP contribution >= 0.6 is 0 Å². The van der Waals surface area contributed by atoms with Crippen molar-refractivity contribution in [1.82, 2.24) is 4.90 Å². The fraction of sp³-hybridized carbons (Fsp3) is 0.500. The predicted octanol–water partition coefficient (Wildman–Crippen LogP) is 2.33. The second-order valence-corrected chi connectivity index (χ2v) is 4.22. The SMILES string of the molecule is CN(C)C1CCCc2cccc(O)c21. The van der Waals surface area contributed by atoms with Crippen molar-refractivity contribution < 1.29 is 5.11 Å². The van der Waals surface area contributed by atoms with Crippen LogP contribution in [0.4, 0.5) is 0 Å². The first kappa shape index (κ1) is 9.53. The summed E-state index contributed by atoms with van der Waals surface area (Å²) in [5, 5.41) is 9.85. The van der Waals surface area contributed by atoms with Gasteiger partial charge in [0.15, 0.2) is 0 Å². The molecule has 0 aromatic heterocycles. The van der Waals surface area contributed by atoms with Crippen molar-refractivity contribution in [1.29, 1.82) is 0 Å². The van der Waals surface area contributed by atoms with Crippen LogP contribution in [0, 0.1) is 0 Å². The first-order valence-corrected chi connectivity index (χ1v) is 5.17. The number of aryl methyl sites for hydroxylation is 1. The molecule has 2 nitrogen and oxygen atoms in total. The van der Waals surface area contributed by atoms with Crippen LogP contribution in [0.3, 0.4) is 0 Å². The van der Waals surface area contributed by atoms with E-state index in [2.05, 4.69) is 25.1 Å². The van der Waals surface area contributed by atoms with Crippen molar-refractivity contribution >= 4 is 0 Å². The summed E-state index contributed by atoms with van der Waals surface area (Å²) in [5.74, 6) is 0.459. The molecule has 0 radical (unpaired) electrons. The number of nitrogens with zero attached hydrogens (tertiary/aromatic N) is 1. The van der Waals surface area contributed by atoms with E-state index in [9.17, 15) is 5.11 Å². The third-order valence-corrected chi connectivity index (χ3v) is 3.05. The van der Waals surface area contributed by atoms with Gasteiger partial charge >= 0.3 is 0 Å². The van der Waals surface area contributed by atoms with Gasteiger partial charge in [0.25, 0.3) is 0 Å². The number of benzene rings is 1. The van der Waals surface area contributed by atoms with Gasteiger partial charge in [0.1, 0.15) is 5.75 Å². The molecule has 1 aromatic carbocycles. The highest BCUT2D eigenvalue weighted by Crippen LogP contribution is 2.38. The van der Waals surface area contributed by atoms with Crippen molar-refractivity contribution in [3.05, 3.63) is 29.3 Å². The summed E-state index contributed by atoms with van der Waals surface area (Å²) in [5.41, 5.74) is 2.46. The van der Waals surface area contributed by atoms with Crippen LogP contribution in [0.1, 0.15) is 30.0 Å². The molecule has 1 atom stereocenters. The molecular formula is C12H17NO. The monoisotopic (exact) mass is 191 g/mol. The van der Waals surface area contributed by atoms with E-state index in [1.54, 1.807) is 6.07 Å². The van der Waals surface area contributed by atoms with Crippen LogP contribution in [-0.4, -0.2) is 24.1 Å². The first-order valence-electron chi connectivity index (χ1n) is 5.17. The Morgan fingerprint density at radius 1 is 1.36 bits per heavy atom. The summed E-state index contributed by atoms with van der Waals surface area (Å²) >= 11 is 0. The molecular weight excluding hydrogens is 174 g/mol. The smallest absolute Gasteiger partial charge is 0.120 e. The molecule has 2 heteroatoms. The van der Waals surface area contributed by atoms with E-state index >= 15 is 0 Å². The van der Waals surface area contributed by atoms with Gasteiger partial charge in [-0.05, 0) is 45.0 Å². The maximum absolute atomic E-state index is 9.85. The molecule has 76 valence electrons. The van der Waals surface area contributed by atoms with Gasteiger partial charge in [-0.15, -0.1) is 0 Å². The van der Waals surface area contributed by atoms with E-state index in [4.69, 9.17) is 0 Å². The molecule has 1 aromatic rings. The van der Waals surface area contributed by atoms with Crippen LogP contribution in [0.25, 0.3) is 0 Å². The summed E-state index contributed by atoms with van der Waals surface area (Å²) in [6.07, 6.45) is 3.48. The summed E-state index contributed by atoms with van der Waals surface area (Å²) < 4.78 is 0. The van der Waals surface area contributed by atoms with E-state index in [1.807, 2.05) is 6.07 Å². The number of hydrogen-bond acceptors (Lipinski definition) is 2. The number of phenolic OH excluding ortho intramolecular Hbond substituents is 1. The number of rotatable bonds is 1. The molecule has 2 rings (SSSR count). The van der Waals surface area contributed by atoms with Crippen molar-refractivity contribution in [2.75, 3.05) is 14.1 Å². The molecule has 0 spiro atoms. The van der Waals surface area contributed by atoms with Crippen LogP contribution < -0.4 is 0 Å². The molecule has 0 saturated heterocycles. The lowest BCUT2D eigenvalue weighted by Gasteiger charge is -2.31. The number of phenols is 1. The largest absolute Gasteiger partial charge is 0.508 e. The fourth-order valence-electron chi connectivity index (χ4n) is 2.35. The van der Waals surface area contributed by atoms with Crippen molar-refractivity contribution in [2.45, 2.75) is 25.3 Å². The average Bonchev–Trinajstić information content (AvgIpc) is 2.17. The third-order valence-electron chi connectivity index (χ3n) is 3.05. The zero-order valence-corrected chi connectivity index (χ0v) is 8.83. The lowest BCUT2D eigenvalue weighted by atomic mass is 9.86. The molecule has 1 aliphatic carbocycles. The Labute approximate surface area is 85.2 Å². The molecule has 0 amide bonds. The maximum Gasteiger partial charge on any atom is 0.120 e. The van der Waals surface area contributed by atoms with Gasteiger partial charge in [0.2, 0.25) is 0 Å². The lowest BCUT2D eigenvalue weighted by Crippen LogP contribution is -2.24. The van der Waals surface area contributed by atoms with E-state index in [-0.39, 0.29) is 0 Å². The third kappa shape index (κ3) is 1.50. The summed E-state index contributed by atoms with van der Waals surface area (Å²) in [6, 6.07) is 6.25. The van der Waals surface area contributed by atoms with Crippen LogP contribution in [0.2, 0.25) is 0 Å². The van der Waals surface area contributed by atoms with E-state index < -0.39 is 0 Å². The Kier molecular flexibility index (Phi) is 2.46. The quantitative estimate of drug-likeness (QED) is 0.736. The van der Waals surface area contributed by atoms with Crippen LogP contribution in [0.5, 0.6) is 5.75 Å². The molecule has 0 fully saturated rings. The van der Waals surface area contributed by atoms with Crippen molar-refractivity contribution in [3.63, 3.8) is 0 Å². The Hall–Kier alpha value is -1.02. The Bertz CT molecular complexity index is 333. The van der Waals surface area contributed by atoms with Gasteiger partial charge in [-0.2, -0.15) is 0 Å². The normalized spacial score (nSPS) is 20.9. The fourth-order valence-corrected chi connectivity index (χ4v) is 2.35. The molecule has 0 aliphatic heterocycles. The Morgan fingerprint density at radius 2 is 2.14 bits per heavy atom. The lowest BCUT2D eigenvalue weighted by molar-refractivity contribution is 0.261. The standard InChI is InChI=1S/C12H17NO/c1-13(2)10-7-3-5-9-6-4-8-11(14)12(9)10/h4,6,8,10,14H,3,5,7H2,1-2H3. The van der Waals surface area contributed by atoms with Crippen molar-refractivity contribution in [2.24, 2.45) is 0 Å². The number of fused-ring (bicyclic) bond motifs is 1. The topological polar surface area (TPSA) is 23.5 Å². The molecule has 1 unspecified atom stereocenters. The van der Waals surface area contributed by atoms with Gasteiger partial charge in [-0.1, -0.05) is 12.1 Å².